The Balaban J connectivity index is 2.13. The number of amides is 1. The van der Waals surface area contributed by atoms with Crippen molar-refractivity contribution in [2.24, 2.45) is 5.92 Å². The third-order valence-corrected chi connectivity index (χ3v) is 6.09. The van der Waals surface area contributed by atoms with Gasteiger partial charge in [-0.2, -0.15) is 5.26 Å². The molecule has 4 nitrogen and oxygen atoms in total. The lowest BCUT2D eigenvalue weighted by Gasteiger charge is -2.27. The largest absolute Gasteiger partial charge is 0.333 e. The van der Waals surface area contributed by atoms with Crippen LogP contribution < -0.4 is 10.6 Å². The van der Waals surface area contributed by atoms with Crippen molar-refractivity contribution in [3.05, 3.63) is 57.8 Å². The second-order valence-corrected chi connectivity index (χ2v) is 8.75. The van der Waals surface area contributed by atoms with Crippen molar-refractivity contribution in [3.8, 4) is 6.07 Å². The SMILES string of the molecule is CC(C)c1ccc([C@@H]([NH2+]CC(=O)N[C@](C)(C#N)C(C)C)c2cccs2)cc1. The van der Waals surface area contributed by atoms with Crippen LogP contribution >= 0.6 is 11.3 Å². The normalized spacial score (nSPS) is 14.6. The van der Waals surface area contributed by atoms with Crippen molar-refractivity contribution in [3.63, 3.8) is 0 Å². The molecule has 0 saturated heterocycles. The van der Waals surface area contributed by atoms with E-state index in [9.17, 15) is 10.1 Å². The van der Waals surface area contributed by atoms with E-state index in [0.29, 0.717) is 5.92 Å². The maximum atomic E-state index is 12.5. The highest BCUT2D eigenvalue weighted by Crippen LogP contribution is 2.24. The Morgan fingerprint density at radius 3 is 2.30 bits per heavy atom. The number of rotatable bonds is 8. The van der Waals surface area contributed by atoms with Crippen LogP contribution in [0.1, 0.15) is 62.6 Å². The van der Waals surface area contributed by atoms with Gasteiger partial charge in [0.2, 0.25) is 0 Å². The topological polar surface area (TPSA) is 69.5 Å². The van der Waals surface area contributed by atoms with Crippen molar-refractivity contribution >= 4 is 17.2 Å². The van der Waals surface area contributed by atoms with Gasteiger partial charge in [0, 0.05) is 5.56 Å². The Bertz CT molecular complexity index is 775. The number of nitrogens with two attached hydrogens (primary N) is 1. The zero-order valence-corrected chi connectivity index (χ0v) is 17.6. The minimum absolute atomic E-state index is 0.0446. The molecule has 3 N–H and O–H groups in total. The van der Waals surface area contributed by atoms with E-state index in [1.807, 2.05) is 25.2 Å². The van der Waals surface area contributed by atoms with Gasteiger partial charge in [0.15, 0.2) is 6.54 Å². The monoisotopic (exact) mass is 384 g/mol. The molecule has 0 saturated carbocycles. The number of benzene rings is 1. The number of hydrogen-bond acceptors (Lipinski definition) is 3. The van der Waals surface area contributed by atoms with E-state index in [4.69, 9.17) is 0 Å². The summed E-state index contributed by atoms with van der Waals surface area (Å²) in [6.07, 6.45) is 0. The van der Waals surface area contributed by atoms with Gasteiger partial charge in [-0.05, 0) is 35.8 Å². The van der Waals surface area contributed by atoms with Gasteiger partial charge < -0.3 is 10.6 Å². The summed E-state index contributed by atoms with van der Waals surface area (Å²) >= 11 is 1.70. The number of nitrogens with one attached hydrogen (secondary N) is 1. The number of hydrogen-bond donors (Lipinski definition) is 2. The lowest BCUT2D eigenvalue weighted by molar-refractivity contribution is -0.676. The van der Waals surface area contributed by atoms with Crippen LogP contribution in [0.3, 0.4) is 0 Å². The number of carbonyl (C=O) groups excluding carboxylic acids is 1. The van der Waals surface area contributed by atoms with Crippen LogP contribution in [-0.2, 0) is 4.79 Å². The second kappa shape index (κ2) is 9.16. The summed E-state index contributed by atoms with van der Waals surface area (Å²) in [4.78, 5) is 13.7. The number of nitriles is 1. The Kier molecular flexibility index (Phi) is 7.18. The highest BCUT2D eigenvalue weighted by atomic mass is 32.1. The first-order valence-electron chi connectivity index (χ1n) is 9.45. The van der Waals surface area contributed by atoms with Crippen LogP contribution in [0.2, 0.25) is 0 Å². The van der Waals surface area contributed by atoms with Crippen LogP contribution in [0.25, 0.3) is 0 Å². The summed E-state index contributed by atoms with van der Waals surface area (Å²) in [6, 6.07) is 15.1. The Morgan fingerprint density at radius 1 is 1.19 bits per heavy atom. The van der Waals surface area contributed by atoms with Crippen LogP contribution in [0.5, 0.6) is 0 Å². The van der Waals surface area contributed by atoms with E-state index in [0.717, 1.165) is 0 Å². The van der Waals surface area contributed by atoms with Crippen molar-refractivity contribution in [1.82, 2.24) is 5.32 Å². The highest BCUT2D eigenvalue weighted by molar-refractivity contribution is 7.10. The van der Waals surface area contributed by atoms with E-state index in [-0.39, 0.29) is 24.4 Å². The van der Waals surface area contributed by atoms with Gasteiger partial charge in [0.1, 0.15) is 11.6 Å². The van der Waals surface area contributed by atoms with Gasteiger partial charge in [0.05, 0.1) is 10.9 Å². The summed E-state index contributed by atoms with van der Waals surface area (Å²) < 4.78 is 0. The Morgan fingerprint density at radius 2 is 1.81 bits per heavy atom. The maximum absolute atomic E-state index is 12.5. The first-order chi connectivity index (χ1) is 12.8. The van der Waals surface area contributed by atoms with Gasteiger partial charge >= 0.3 is 0 Å². The summed E-state index contributed by atoms with van der Waals surface area (Å²) in [6.45, 7) is 10.3. The molecule has 0 unspecified atom stereocenters. The molecule has 0 aliphatic carbocycles. The lowest BCUT2D eigenvalue weighted by Crippen LogP contribution is -2.88. The van der Waals surface area contributed by atoms with Gasteiger partial charge in [-0.1, -0.05) is 58.0 Å². The number of carbonyl (C=O) groups is 1. The fraction of sp³-hybridized carbons (Fsp3) is 0.455. The molecule has 0 fully saturated rings. The van der Waals surface area contributed by atoms with E-state index >= 15 is 0 Å². The van der Waals surface area contributed by atoms with E-state index in [2.05, 4.69) is 60.9 Å². The first kappa shape index (κ1) is 21.1. The highest BCUT2D eigenvalue weighted by Gasteiger charge is 2.31. The molecular formula is C22H30N3OS+. The van der Waals surface area contributed by atoms with Crippen molar-refractivity contribution in [1.29, 1.82) is 5.26 Å². The molecule has 0 aliphatic rings. The molecule has 0 aliphatic heterocycles. The molecule has 5 heteroatoms. The zero-order valence-electron chi connectivity index (χ0n) is 16.8. The summed E-state index contributed by atoms with van der Waals surface area (Å²) in [7, 11) is 0. The first-order valence-corrected chi connectivity index (χ1v) is 10.3. The zero-order chi connectivity index (χ0) is 20.0. The molecule has 0 radical (unpaired) electrons. The molecule has 1 aromatic heterocycles. The van der Waals surface area contributed by atoms with E-state index < -0.39 is 5.54 Å². The van der Waals surface area contributed by atoms with Gasteiger partial charge in [0.25, 0.3) is 5.91 Å². The van der Waals surface area contributed by atoms with Crippen molar-refractivity contribution in [2.45, 2.75) is 52.1 Å². The standard InChI is InChI=1S/C22H29N3OS/c1-15(2)17-8-10-18(11-9-17)21(19-7-6-12-27-19)24-13-20(26)25-22(5,14-23)16(3)4/h6-12,15-16,21,24H,13H2,1-5H3,(H,25,26)/p+1/t21-,22-/m1/s1. The summed E-state index contributed by atoms with van der Waals surface area (Å²) in [5.74, 6) is 0.421. The van der Waals surface area contributed by atoms with Gasteiger partial charge in [-0.3, -0.25) is 4.79 Å². The lowest BCUT2D eigenvalue weighted by atomic mass is 9.90. The van der Waals surface area contributed by atoms with Gasteiger partial charge in [-0.15, -0.1) is 11.3 Å². The molecule has 2 atom stereocenters. The molecule has 1 amide bonds. The molecule has 1 heterocycles. The summed E-state index contributed by atoms with van der Waals surface area (Å²) in [5, 5.41) is 16.4. The fourth-order valence-corrected chi connectivity index (χ4v) is 3.69. The fourth-order valence-electron chi connectivity index (χ4n) is 2.84. The summed E-state index contributed by atoms with van der Waals surface area (Å²) in [5.41, 5.74) is 1.65. The molecule has 1 aromatic carbocycles. The average molecular weight is 385 g/mol. The molecule has 27 heavy (non-hydrogen) atoms. The second-order valence-electron chi connectivity index (χ2n) is 7.77. The van der Waals surface area contributed by atoms with Crippen LogP contribution in [0, 0.1) is 17.2 Å². The molecule has 2 aromatic rings. The molecule has 0 spiro atoms. The van der Waals surface area contributed by atoms with Crippen LogP contribution in [-0.4, -0.2) is 18.0 Å². The molecule has 144 valence electrons. The van der Waals surface area contributed by atoms with Crippen molar-refractivity contribution < 1.29 is 10.1 Å². The van der Waals surface area contributed by atoms with E-state index in [1.54, 1.807) is 18.3 Å². The predicted octanol–water partition coefficient (Wildman–Crippen LogP) is 3.58. The van der Waals surface area contributed by atoms with Crippen LogP contribution in [0.15, 0.2) is 41.8 Å². The number of quaternary nitrogens is 1. The van der Waals surface area contributed by atoms with Gasteiger partial charge in [-0.25, -0.2) is 0 Å². The third-order valence-electron chi connectivity index (χ3n) is 5.14. The Hall–Kier alpha value is -2.16. The minimum Gasteiger partial charge on any atom is -0.333 e. The predicted molar refractivity (Wildman–Crippen MR) is 110 cm³/mol. The van der Waals surface area contributed by atoms with E-state index in [1.165, 1.54) is 16.0 Å². The van der Waals surface area contributed by atoms with Crippen LogP contribution in [0.4, 0.5) is 0 Å². The average Bonchev–Trinajstić information content (AvgIpc) is 3.16. The molecule has 2 rings (SSSR count). The maximum Gasteiger partial charge on any atom is 0.276 e. The quantitative estimate of drug-likeness (QED) is 0.730. The number of thiophene rings is 1. The Labute approximate surface area is 166 Å². The molecular weight excluding hydrogens is 354 g/mol. The third kappa shape index (κ3) is 5.41. The smallest absolute Gasteiger partial charge is 0.276 e. The van der Waals surface area contributed by atoms with Crippen molar-refractivity contribution in [2.75, 3.05) is 6.54 Å². The minimum atomic E-state index is -0.845. The number of nitrogens with zero attached hydrogens (tertiary/aromatic N) is 1. The molecule has 0 bridgehead atoms.